The Balaban J connectivity index is 5.06. The number of aliphatic carboxylic acids is 1. The molecule has 0 rings (SSSR count). The lowest BCUT2D eigenvalue weighted by Crippen LogP contribution is -2.55. The summed E-state index contributed by atoms with van der Waals surface area (Å²) in [5.74, 6) is -2.43. The van der Waals surface area contributed by atoms with Crippen LogP contribution in [-0.4, -0.2) is 28.4 Å². The van der Waals surface area contributed by atoms with Crippen LogP contribution in [0.5, 0.6) is 0 Å². The van der Waals surface area contributed by atoms with Gasteiger partial charge in [0.15, 0.2) is 0 Å². The normalized spacial score (nSPS) is 15.5. The zero-order valence-electron chi connectivity index (χ0n) is 10.5. The number of nitrogens with one attached hydrogen (secondary N) is 1. The van der Waals surface area contributed by atoms with Gasteiger partial charge in [0.05, 0.1) is 0 Å². The molecule has 1 unspecified atom stereocenters. The molecule has 0 saturated carbocycles. The van der Waals surface area contributed by atoms with Crippen molar-refractivity contribution < 1.29 is 19.5 Å². The number of hydrogen-bond acceptors (Lipinski definition) is 3. The lowest BCUT2D eigenvalue weighted by Gasteiger charge is -2.26. The smallest absolute Gasteiger partial charge is 0.331 e. The van der Waals surface area contributed by atoms with Crippen LogP contribution in [0.2, 0.25) is 0 Å². The van der Waals surface area contributed by atoms with Crippen molar-refractivity contribution in [3.63, 3.8) is 0 Å². The number of carboxylic acid groups (broad SMARTS) is 1. The molecule has 0 heterocycles. The van der Waals surface area contributed by atoms with Crippen molar-refractivity contribution in [3.05, 3.63) is 11.1 Å². The maximum atomic E-state index is 11.7. The molecule has 2 amide bonds. The minimum absolute atomic E-state index is 0.0541. The Morgan fingerprint density at radius 2 is 1.71 bits per heavy atom. The average molecular weight is 242 g/mol. The largest absolute Gasteiger partial charge is 0.478 e. The first-order valence-corrected chi connectivity index (χ1v) is 5.19. The summed E-state index contributed by atoms with van der Waals surface area (Å²) in [7, 11) is 0. The Labute approximate surface area is 99.9 Å². The van der Waals surface area contributed by atoms with Gasteiger partial charge in [0.1, 0.15) is 5.54 Å². The molecular weight excluding hydrogens is 224 g/mol. The van der Waals surface area contributed by atoms with E-state index in [4.69, 9.17) is 10.8 Å². The van der Waals surface area contributed by atoms with Crippen molar-refractivity contribution >= 4 is 17.8 Å². The highest BCUT2D eigenvalue weighted by atomic mass is 16.4. The molecular formula is C11H18N2O4. The molecule has 0 spiro atoms. The molecule has 6 heteroatoms. The first kappa shape index (κ1) is 15.2. The van der Waals surface area contributed by atoms with Crippen LogP contribution in [-0.2, 0) is 14.4 Å². The molecule has 0 aliphatic heterocycles. The Hall–Kier alpha value is -1.85. The van der Waals surface area contributed by atoms with Gasteiger partial charge in [-0.15, -0.1) is 0 Å². The third-order valence-corrected chi connectivity index (χ3v) is 2.86. The molecule has 0 aromatic heterocycles. The van der Waals surface area contributed by atoms with Crippen molar-refractivity contribution in [1.82, 2.24) is 5.32 Å². The zero-order valence-corrected chi connectivity index (χ0v) is 10.5. The van der Waals surface area contributed by atoms with Crippen LogP contribution >= 0.6 is 0 Å². The second-order valence-electron chi connectivity index (χ2n) is 4.06. The summed E-state index contributed by atoms with van der Waals surface area (Å²) in [6.45, 7) is 5.91. The summed E-state index contributed by atoms with van der Waals surface area (Å²) in [5.41, 5.74) is 4.00. The number of rotatable bonds is 5. The lowest BCUT2D eigenvalue weighted by atomic mass is 9.97. The van der Waals surface area contributed by atoms with E-state index >= 15 is 0 Å². The SMILES string of the molecule is CCC(C)(NC(=O)C(C)=C(C)C(=O)O)C(N)=O. The number of amides is 2. The zero-order chi connectivity index (χ0) is 13.8. The second-order valence-corrected chi connectivity index (χ2v) is 4.06. The Kier molecular flexibility index (Phi) is 4.87. The van der Waals surface area contributed by atoms with Crippen LogP contribution in [0.3, 0.4) is 0 Å². The molecule has 0 fully saturated rings. The van der Waals surface area contributed by atoms with E-state index in [2.05, 4.69) is 5.32 Å². The predicted octanol–water partition coefficient (Wildman–Crippen LogP) is 0.178. The van der Waals surface area contributed by atoms with Crippen molar-refractivity contribution in [1.29, 1.82) is 0 Å². The molecule has 0 saturated heterocycles. The summed E-state index contributed by atoms with van der Waals surface area (Å²) >= 11 is 0. The van der Waals surface area contributed by atoms with E-state index in [0.29, 0.717) is 6.42 Å². The fourth-order valence-electron chi connectivity index (χ4n) is 0.999. The van der Waals surface area contributed by atoms with Gasteiger partial charge in [0.25, 0.3) is 0 Å². The minimum atomic E-state index is -1.17. The number of nitrogens with two attached hydrogens (primary N) is 1. The molecule has 0 bridgehead atoms. The van der Waals surface area contributed by atoms with E-state index in [1.807, 2.05) is 0 Å². The summed E-state index contributed by atoms with van der Waals surface area (Å²) in [4.78, 5) is 33.6. The van der Waals surface area contributed by atoms with Crippen LogP contribution < -0.4 is 11.1 Å². The lowest BCUT2D eigenvalue weighted by molar-refractivity contribution is -0.133. The van der Waals surface area contributed by atoms with E-state index in [9.17, 15) is 14.4 Å². The highest BCUT2D eigenvalue weighted by Gasteiger charge is 2.31. The number of primary amides is 1. The number of carbonyl (C=O) groups is 3. The molecule has 0 radical (unpaired) electrons. The average Bonchev–Trinajstić information content (AvgIpc) is 2.26. The van der Waals surface area contributed by atoms with Gasteiger partial charge in [-0.3, -0.25) is 9.59 Å². The van der Waals surface area contributed by atoms with Gasteiger partial charge in [0, 0.05) is 11.1 Å². The summed E-state index contributed by atoms with van der Waals surface area (Å²) in [6.07, 6.45) is 0.327. The van der Waals surface area contributed by atoms with Crippen LogP contribution in [0.4, 0.5) is 0 Å². The fourth-order valence-corrected chi connectivity index (χ4v) is 0.999. The maximum Gasteiger partial charge on any atom is 0.331 e. The van der Waals surface area contributed by atoms with Crippen molar-refractivity contribution in [2.24, 2.45) is 5.73 Å². The van der Waals surface area contributed by atoms with Gasteiger partial charge in [0.2, 0.25) is 11.8 Å². The fraction of sp³-hybridized carbons (Fsp3) is 0.545. The molecule has 1 atom stereocenters. The first-order valence-electron chi connectivity index (χ1n) is 5.19. The van der Waals surface area contributed by atoms with E-state index in [0.717, 1.165) is 0 Å². The molecule has 0 aromatic rings. The molecule has 17 heavy (non-hydrogen) atoms. The van der Waals surface area contributed by atoms with Crippen LogP contribution in [0, 0.1) is 0 Å². The highest BCUT2D eigenvalue weighted by molar-refractivity contribution is 6.03. The summed E-state index contributed by atoms with van der Waals surface area (Å²) in [6, 6.07) is 0. The van der Waals surface area contributed by atoms with E-state index < -0.39 is 23.3 Å². The van der Waals surface area contributed by atoms with Gasteiger partial charge >= 0.3 is 5.97 Å². The second kappa shape index (κ2) is 5.47. The van der Waals surface area contributed by atoms with E-state index in [1.165, 1.54) is 20.8 Å². The quantitative estimate of drug-likeness (QED) is 0.597. The third kappa shape index (κ3) is 3.58. The summed E-state index contributed by atoms with van der Waals surface area (Å²) in [5, 5.41) is 11.2. The minimum Gasteiger partial charge on any atom is -0.478 e. The monoisotopic (exact) mass is 242 g/mol. The summed E-state index contributed by atoms with van der Waals surface area (Å²) < 4.78 is 0. The number of hydrogen-bond donors (Lipinski definition) is 3. The Morgan fingerprint density at radius 1 is 1.24 bits per heavy atom. The molecule has 0 aliphatic carbocycles. The van der Waals surface area contributed by atoms with Crippen molar-refractivity contribution in [2.75, 3.05) is 0 Å². The van der Waals surface area contributed by atoms with Crippen molar-refractivity contribution in [3.8, 4) is 0 Å². The maximum absolute atomic E-state index is 11.7. The topological polar surface area (TPSA) is 109 Å². The van der Waals surface area contributed by atoms with Gasteiger partial charge in [-0.05, 0) is 27.2 Å². The molecule has 96 valence electrons. The van der Waals surface area contributed by atoms with Gasteiger partial charge in [-0.2, -0.15) is 0 Å². The van der Waals surface area contributed by atoms with Crippen LogP contribution in [0.1, 0.15) is 34.1 Å². The Morgan fingerprint density at radius 3 is 2.00 bits per heavy atom. The van der Waals surface area contributed by atoms with Crippen molar-refractivity contribution in [2.45, 2.75) is 39.7 Å². The molecule has 0 aromatic carbocycles. The third-order valence-electron chi connectivity index (χ3n) is 2.86. The van der Waals surface area contributed by atoms with Crippen LogP contribution in [0.25, 0.3) is 0 Å². The standard InChI is InChI=1S/C11H18N2O4/c1-5-11(4,10(12)17)13-8(14)6(2)7(3)9(15)16/h5H2,1-4H3,(H2,12,17)(H,13,14)(H,15,16). The molecule has 0 aliphatic rings. The predicted molar refractivity (Wildman–Crippen MR) is 62.0 cm³/mol. The van der Waals surface area contributed by atoms with E-state index in [-0.39, 0.29) is 11.1 Å². The van der Waals surface area contributed by atoms with Gasteiger partial charge < -0.3 is 16.2 Å². The number of carboxylic acids is 1. The molecule has 4 N–H and O–H groups in total. The highest BCUT2D eigenvalue weighted by Crippen LogP contribution is 2.11. The molecule has 6 nitrogen and oxygen atoms in total. The van der Waals surface area contributed by atoms with Gasteiger partial charge in [-0.1, -0.05) is 6.92 Å². The number of carbonyl (C=O) groups excluding carboxylic acids is 2. The van der Waals surface area contributed by atoms with Gasteiger partial charge in [-0.25, -0.2) is 4.79 Å². The Bertz CT molecular complexity index is 387. The first-order chi connectivity index (χ1) is 7.65. The van der Waals surface area contributed by atoms with E-state index in [1.54, 1.807) is 6.92 Å². The van der Waals surface area contributed by atoms with Crippen LogP contribution in [0.15, 0.2) is 11.1 Å².